The molecule has 0 saturated heterocycles. The summed E-state index contributed by atoms with van der Waals surface area (Å²) in [6.45, 7) is 1.68. The lowest BCUT2D eigenvalue weighted by Crippen LogP contribution is -2.33. The Morgan fingerprint density at radius 2 is 1.27 bits per heavy atom. The number of amides is 1. The van der Waals surface area contributed by atoms with Gasteiger partial charge in [0.1, 0.15) is 11.6 Å². The van der Waals surface area contributed by atoms with Gasteiger partial charge in [0.2, 0.25) is 11.7 Å². The van der Waals surface area contributed by atoms with E-state index >= 15 is 0 Å². The number of methoxy groups -OCH3 is 3. The van der Waals surface area contributed by atoms with Gasteiger partial charge in [0.15, 0.2) is 11.5 Å². The predicted octanol–water partition coefficient (Wildman–Crippen LogP) is 5.01. The SMILES string of the molecule is COc1cc(CN(C)CCN(C)C(=O)C=C(c2ccc(F)cc2)c2ccc(F)cc2)cc(OC)c1OC. The summed E-state index contributed by atoms with van der Waals surface area (Å²) in [5.41, 5.74) is 2.88. The Hall–Kier alpha value is -3.91. The molecule has 0 fully saturated rings. The molecule has 0 aliphatic carbocycles. The van der Waals surface area contributed by atoms with Crippen LogP contribution < -0.4 is 14.2 Å². The molecule has 0 N–H and O–H groups in total. The van der Waals surface area contributed by atoms with Crippen molar-refractivity contribution in [2.24, 2.45) is 0 Å². The molecule has 196 valence electrons. The van der Waals surface area contributed by atoms with Crippen molar-refractivity contribution in [1.29, 1.82) is 0 Å². The van der Waals surface area contributed by atoms with Gasteiger partial charge in [0.25, 0.3) is 0 Å². The molecule has 0 aliphatic heterocycles. The van der Waals surface area contributed by atoms with Gasteiger partial charge in [-0.25, -0.2) is 8.78 Å². The van der Waals surface area contributed by atoms with E-state index in [0.717, 1.165) is 5.56 Å². The zero-order valence-electron chi connectivity index (χ0n) is 21.8. The Morgan fingerprint density at radius 1 is 0.784 bits per heavy atom. The van der Waals surface area contributed by atoms with E-state index in [4.69, 9.17) is 14.2 Å². The van der Waals surface area contributed by atoms with Crippen LogP contribution in [0.1, 0.15) is 16.7 Å². The number of nitrogens with zero attached hydrogens (tertiary/aromatic N) is 2. The van der Waals surface area contributed by atoms with Crippen molar-refractivity contribution in [2.75, 3.05) is 48.5 Å². The molecule has 0 aromatic heterocycles. The first-order chi connectivity index (χ1) is 17.7. The minimum absolute atomic E-state index is 0.218. The van der Waals surface area contributed by atoms with Crippen molar-refractivity contribution < 1.29 is 27.8 Å². The minimum atomic E-state index is -0.374. The van der Waals surface area contributed by atoms with E-state index in [-0.39, 0.29) is 17.5 Å². The Labute approximate surface area is 216 Å². The highest BCUT2D eigenvalue weighted by Gasteiger charge is 2.16. The van der Waals surface area contributed by atoms with Crippen molar-refractivity contribution in [1.82, 2.24) is 9.80 Å². The smallest absolute Gasteiger partial charge is 0.246 e. The molecule has 3 rings (SSSR count). The number of benzene rings is 3. The third-order valence-corrected chi connectivity index (χ3v) is 5.95. The topological polar surface area (TPSA) is 51.2 Å². The molecule has 0 unspecified atom stereocenters. The number of carbonyl (C=O) groups is 1. The molecule has 3 aromatic rings. The fourth-order valence-electron chi connectivity index (χ4n) is 3.87. The molecule has 0 spiro atoms. The second-order valence-corrected chi connectivity index (χ2v) is 8.60. The molecule has 1 amide bonds. The Morgan fingerprint density at radius 3 is 1.70 bits per heavy atom. The van der Waals surface area contributed by atoms with Crippen LogP contribution in [0.15, 0.2) is 66.7 Å². The molecular weight excluding hydrogens is 478 g/mol. The molecule has 0 aliphatic rings. The van der Waals surface area contributed by atoms with Gasteiger partial charge < -0.3 is 24.0 Å². The number of hydrogen-bond acceptors (Lipinski definition) is 5. The zero-order chi connectivity index (χ0) is 26.9. The van der Waals surface area contributed by atoms with Gasteiger partial charge in [-0.05, 0) is 65.7 Å². The van der Waals surface area contributed by atoms with Gasteiger partial charge in [-0.1, -0.05) is 24.3 Å². The molecule has 0 saturated carbocycles. The highest BCUT2D eigenvalue weighted by Crippen LogP contribution is 2.38. The average Bonchev–Trinajstić information content (AvgIpc) is 2.90. The van der Waals surface area contributed by atoms with Crippen molar-refractivity contribution in [2.45, 2.75) is 6.54 Å². The van der Waals surface area contributed by atoms with E-state index < -0.39 is 0 Å². The first-order valence-electron chi connectivity index (χ1n) is 11.7. The quantitative estimate of drug-likeness (QED) is 0.340. The highest BCUT2D eigenvalue weighted by atomic mass is 19.1. The van der Waals surface area contributed by atoms with Crippen molar-refractivity contribution >= 4 is 11.5 Å². The summed E-state index contributed by atoms with van der Waals surface area (Å²) < 4.78 is 43.2. The second-order valence-electron chi connectivity index (χ2n) is 8.60. The van der Waals surface area contributed by atoms with Crippen LogP contribution >= 0.6 is 0 Å². The summed E-state index contributed by atoms with van der Waals surface area (Å²) in [6.07, 6.45) is 1.50. The van der Waals surface area contributed by atoms with Crippen molar-refractivity contribution in [3.8, 4) is 17.2 Å². The van der Waals surface area contributed by atoms with E-state index in [1.807, 2.05) is 19.2 Å². The maximum Gasteiger partial charge on any atom is 0.246 e. The van der Waals surface area contributed by atoms with E-state index in [1.54, 1.807) is 57.5 Å². The summed E-state index contributed by atoms with van der Waals surface area (Å²) in [6, 6.07) is 15.5. The van der Waals surface area contributed by atoms with Crippen LogP contribution in [-0.4, -0.2) is 64.2 Å². The average molecular weight is 511 g/mol. The van der Waals surface area contributed by atoms with Crippen LogP contribution in [0.2, 0.25) is 0 Å². The van der Waals surface area contributed by atoms with Crippen LogP contribution in [0, 0.1) is 11.6 Å². The lowest BCUT2D eigenvalue weighted by Gasteiger charge is -2.23. The summed E-state index contributed by atoms with van der Waals surface area (Å²) >= 11 is 0. The Bertz CT molecular complexity index is 1160. The fourth-order valence-corrected chi connectivity index (χ4v) is 3.87. The van der Waals surface area contributed by atoms with E-state index in [2.05, 4.69) is 4.90 Å². The molecule has 6 nitrogen and oxygen atoms in total. The first kappa shape index (κ1) is 27.7. The molecule has 0 bridgehead atoms. The molecule has 37 heavy (non-hydrogen) atoms. The maximum absolute atomic E-state index is 13.5. The van der Waals surface area contributed by atoms with Gasteiger partial charge >= 0.3 is 0 Å². The Balaban J connectivity index is 1.71. The lowest BCUT2D eigenvalue weighted by atomic mass is 9.97. The van der Waals surface area contributed by atoms with Crippen molar-refractivity contribution in [3.63, 3.8) is 0 Å². The minimum Gasteiger partial charge on any atom is -0.493 e. The largest absolute Gasteiger partial charge is 0.493 e. The summed E-state index contributed by atoms with van der Waals surface area (Å²) in [5.74, 6) is 0.728. The highest BCUT2D eigenvalue weighted by molar-refractivity contribution is 5.99. The molecule has 0 atom stereocenters. The number of carbonyl (C=O) groups excluding carboxylic acids is 1. The van der Waals surface area contributed by atoms with E-state index in [9.17, 15) is 13.6 Å². The zero-order valence-corrected chi connectivity index (χ0v) is 21.8. The second kappa shape index (κ2) is 12.9. The lowest BCUT2D eigenvalue weighted by molar-refractivity contribution is -0.124. The van der Waals surface area contributed by atoms with Crippen molar-refractivity contribution in [3.05, 3.63) is 95.1 Å². The monoisotopic (exact) mass is 510 g/mol. The van der Waals surface area contributed by atoms with Crippen LogP contribution in [0.3, 0.4) is 0 Å². The van der Waals surface area contributed by atoms with Gasteiger partial charge in [0.05, 0.1) is 21.3 Å². The van der Waals surface area contributed by atoms with Gasteiger partial charge in [-0.15, -0.1) is 0 Å². The predicted molar refractivity (Wildman–Crippen MR) is 140 cm³/mol. The third kappa shape index (κ3) is 7.30. The number of halogens is 2. The van der Waals surface area contributed by atoms with Crippen LogP contribution in [0.5, 0.6) is 17.2 Å². The fraction of sp³-hybridized carbons (Fsp3) is 0.276. The van der Waals surface area contributed by atoms with Crippen LogP contribution in [0.25, 0.3) is 5.57 Å². The molecule has 0 radical (unpaired) electrons. The van der Waals surface area contributed by atoms with Gasteiger partial charge in [-0.2, -0.15) is 0 Å². The number of hydrogen-bond donors (Lipinski definition) is 0. The molecule has 0 heterocycles. The molecule has 3 aromatic carbocycles. The molecule has 8 heteroatoms. The molecular formula is C29H32F2N2O4. The normalized spacial score (nSPS) is 10.7. The number of likely N-dealkylation sites (N-methyl/N-ethyl adjacent to an activating group) is 2. The standard InChI is InChI=1S/C29H32F2N2O4/c1-32(19-20-16-26(35-3)29(37-5)27(17-20)36-4)14-15-33(2)28(34)18-25(21-6-10-23(30)11-7-21)22-8-12-24(31)13-9-22/h6-13,16-18H,14-15,19H2,1-5H3. The maximum atomic E-state index is 13.5. The summed E-state index contributed by atoms with van der Waals surface area (Å²) in [4.78, 5) is 16.8. The Kier molecular flexibility index (Phi) is 9.63. The van der Waals surface area contributed by atoms with Gasteiger partial charge in [-0.3, -0.25) is 4.79 Å². The van der Waals surface area contributed by atoms with Gasteiger partial charge in [0, 0.05) is 32.8 Å². The van der Waals surface area contributed by atoms with E-state index in [0.29, 0.717) is 53.6 Å². The van der Waals surface area contributed by atoms with E-state index in [1.165, 1.54) is 30.3 Å². The summed E-state index contributed by atoms with van der Waals surface area (Å²) in [7, 11) is 8.39. The van der Waals surface area contributed by atoms with Crippen LogP contribution in [-0.2, 0) is 11.3 Å². The summed E-state index contributed by atoms with van der Waals surface area (Å²) in [5, 5.41) is 0. The van der Waals surface area contributed by atoms with Crippen LogP contribution in [0.4, 0.5) is 8.78 Å². The third-order valence-electron chi connectivity index (χ3n) is 5.95. The number of ether oxygens (including phenoxy) is 3. The number of rotatable bonds is 11. The first-order valence-corrected chi connectivity index (χ1v) is 11.7.